The number of rotatable bonds is 7. The molecule has 1 aliphatic rings. The van der Waals surface area contributed by atoms with Crippen LogP contribution in [0.2, 0.25) is 0 Å². The van der Waals surface area contributed by atoms with Gasteiger partial charge in [0.2, 0.25) is 0 Å². The monoisotopic (exact) mass is 334 g/mol. The van der Waals surface area contributed by atoms with Crippen LogP contribution in [0.3, 0.4) is 0 Å². The highest BCUT2D eigenvalue weighted by atomic mass is 16.5. The van der Waals surface area contributed by atoms with E-state index in [1.54, 1.807) is 0 Å². The molecule has 4 heteroatoms. The van der Waals surface area contributed by atoms with E-state index in [1.165, 1.54) is 5.56 Å². The van der Waals surface area contributed by atoms with Crippen LogP contribution in [-0.2, 0) is 6.54 Å². The highest BCUT2D eigenvalue weighted by Crippen LogP contribution is 2.33. The second-order valence-corrected chi connectivity index (χ2v) is 7.73. The Labute approximate surface area is 147 Å². The summed E-state index contributed by atoms with van der Waals surface area (Å²) in [7, 11) is 2.14. The zero-order valence-corrected chi connectivity index (χ0v) is 15.9. The molecule has 1 aliphatic heterocycles. The molecule has 1 heterocycles. The van der Waals surface area contributed by atoms with E-state index in [4.69, 9.17) is 4.74 Å². The topological polar surface area (TPSA) is 44.7 Å². The van der Waals surface area contributed by atoms with Crippen LogP contribution in [0, 0.1) is 5.92 Å². The van der Waals surface area contributed by atoms with Crippen molar-refractivity contribution in [2.24, 2.45) is 5.92 Å². The van der Waals surface area contributed by atoms with Crippen LogP contribution in [-0.4, -0.2) is 47.9 Å². The standard InChI is InChI=1S/C20H34N2O2/c1-15(2)24-19-8-6-18(7-9-19)13-21-11-10-20(23)12-17(4)22(5)14-16(20)3/h6-9,15-17,21,23H,10-14H2,1-5H3/t16-,17-,20+/m0/s1. The molecule has 0 radical (unpaired) electrons. The van der Waals surface area contributed by atoms with Gasteiger partial charge in [0.1, 0.15) is 5.75 Å². The summed E-state index contributed by atoms with van der Waals surface area (Å²) < 4.78 is 5.66. The van der Waals surface area contributed by atoms with Gasteiger partial charge in [-0.3, -0.25) is 0 Å². The van der Waals surface area contributed by atoms with Crippen LogP contribution in [0.1, 0.15) is 46.1 Å². The lowest BCUT2D eigenvalue weighted by Gasteiger charge is -2.46. The zero-order valence-electron chi connectivity index (χ0n) is 15.9. The first-order valence-corrected chi connectivity index (χ1v) is 9.19. The first-order valence-electron chi connectivity index (χ1n) is 9.19. The average Bonchev–Trinajstić information content (AvgIpc) is 2.51. The van der Waals surface area contributed by atoms with Crippen molar-refractivity contribution in [3.8, 4) is 5.75 Å². The molecule has 24 heavy (non-hydrogen) atoms. The van der Waals surface area contributed by atoms with E-state index in [0.29, 0.717) is 12.0 Å². The van der Waals surface area contributed by atoms with Crippen molar-refractivity contribution in [3.05, 3.63) is 29.8 Å². The Balaban J connectivity index is 1.76. The third-order valence-electron chi connectivity index (χ3n) is 5.24. The van der Waals surface area contributed by atoms with E-state index in [1.807, 2.05) is 26.0 Å². The normalized spacial score (nSPS) is 28.3. The summed E-state index contributed by atoms with van der Waals surface area (Å²) >= 11 is 0. The molecule has 0 saturated carbocycles. The molecule has 0 aliphatic carbocycles. The first-order chi connectivity index (χ1) is 11.3. The van der Waals surface area contributed by atoms with Gasteiger partial charge in [0.25, 0.3) is 0 Å². The van der Waals surface area contributed by atoms with Gasteiger partial charge in [0, 0.05) is 19.1 Å². The number of benzene rings is 1. The predicted molar refractivity (Wildman–Crippen MR) is 99.4 cm³/mol. The third kappa shape index (κ3) is 5.20. The predicted octanol–water partition coefficient (Wildman–Crippen LogP) is 3.04. The van der Waals surface area contributed by atoms with E-state index in [2.05, 4.69) is 43.2 Å². The fraction of sp³-hybridized carbons (Fsp3) is 0.700. The molecular weight excluding hydrogens is 300 g/mol. The molecule has 1 aromatic rings. The van der Waals surface area contributed by atoms with Gasteiger partial charge in [-0.25, -0.2) is 0 Å². The zero-order chi connectivity index (χ0) is 17.7. The van der Waals surface area contributed by atoms with Gasteiger partial charge >= 0.3 is 0 Å². The van der Waals surface area contributed by atoms with E-state index >= 15 is 0 Å². The largest absolute Gasteiger partial charge is 0.491 e. The van der Waals surface area contributed by atoms with Crippen LogP contribution in [0.5, 0.6) is 5.75 Å². The van der Waals surface area contributed by atoms with Crippen LogP contribution in [0.25, 0.3) is 0 Å². The van der Waals surface area contributed by atoms with E-state index in [0.717, 1.165) is 38.2 Å². The molecule has 0 bridgehead atoms. The molecule has 0 spiro atoms. The molecule has 136 valence electrons. The lowest BCUT2D eigenvalue weighted by Crippen LogP contribution is -2.54. The van der Waals surface area contributed by atoms with Crippen LogP contribution in [0.15, 0.2) is 24.3 Å². The number of nitrogens with one attached hydrogen (secondary N) is 1. The van der Waals surface area contributed by atoms with Gasteiger partial charge in [0.05, 0.1) is 11.7 Å². The van der Waals surface area contributed by atoms with Crippen LogP contribution >= 0.6 is 0 Å². The van der Waals surface area contributed by atoms with Crippen molar-refractivity contribution in [2.45, 2.75) is 64.8 Å². The summed E-state index contributed by atoms with van der Waals surface area (Å²) in [5.74, 6) is 1.23. The summed E-state index contributed by atoms with van der Waals surface area (Å²) in [5, 5.41) is 14.4. The smallest absolute Gasteiger partial charge is 0.119 e. The number of hydrogen-bond acceptors (Lipinski definition) is 4. The number of aliphatic hydroxyl groups is 1. The first kappa shape index (κ1) is 19.2. The van der Waals surface area contributed by atoms with Crippen molar-refractivity contribution < 1.29 is 9.84 Å². The number of likely N-dealkylation sites (tertiary alicyclic amines) is 1. The number of piperidine rings is 1. The Bertz CT molecular complexity index is 503. The molecule has 2 N–H and O–H groups in total. The second kappa shape index (κ2) is 8.32. The van der Waals surface area contributed by atoms with Gasteiger partial charge in [-0.15, -0.1) is 0 Å². The third-order valence-corrected chi connectivity index (χ3v) is 5.24. The molecule has 2 rings (SSSR count). The number of nitrogens with zero attached hydrogens (tertiary/aromatic N) is 1. The molecule has 1 saturated heterocycles. The summed E-state index contributed by atoms with van der Waals surface area (Å²) in [6, 6.07) is 8.68. The SMILES string of the molecule is CC(C)Oc1ccc(CNCC[C@@]2(O)C[C@H](C)N(C)C[C@@H]2C)cc1. The van der Waals surface area contributed by atoms with Crippen molar-refractivity contribution in [1.29, 1.82) is 0 Å². The van der Waals surface area contributed by atoms with Crippen LogP contribution < -0.4 is 10.1 Å². The van der Waals surface area contributed by atoms with E-state index < -0.39 is 5.60 Å². The van der Waals surface area contributed by atoms with Crippen molar-refractivity contribution >= 4 is 0 Å². The highest BCUT2D eigenvalue weighted by molar-refractivity contribution is 5.27. The molecule has 0 unspecified atom stereocenters. The van der Waals surface area contributed by atoms with Crippen molar-refractivity contribution in [3.63, 3.8) is 0 Å². The Hall–Kier alpha value is -1.10. The number of hydrogen-bond donors (Lipinski definition) is 2. The molecule has 4 nitrogen and oxygen atoms in total. The molecular formula is C20H34N2O2. The molecule has 1 aromatic carbocycles. The fourth-order valence-electron chi connectivity index (χ4n) is 3.49. The maximum absolute atomic E-state index is 11.0. The van der Waals surface area contributed by atoms with E-state index in [-0.39, 0.29) is 6.10 Å². The minimum Gasteiger partial charge on any atom is -0.491 e. The summed E-state index contributed by atoms with van der Waals surface area (Å²) in [6.07, 6.45) is 1.86. The van der Waals surface area contributed by atoms with Gasteiger partial charge in [0.15, 0.2) is 0 Å². The summed E-state index contributed by atoms with van der Waals surface area (Å²) in [4.78, 5) is 2.34. The maximum Gasteiger partial charge on any atom is 0.119 e. The minimum absolute atomic E-state index is 0.202. The average molecular weight is 335 g/mol. The van der Waals surface area contributed by atoms with Crippen molar-refractivity contribution in [2.75, 3.05) is 20.1 Å². The number of ether oxygens (including phenoxy) is 1. The Morgan fingerprint density at radius 2 is 1.96 bits per heavy atom. The van der Waals surface area contributed by atoms with Gasteiger partial charge in [-0.2, -0.15) is 0 Å². The minimum atomic E-state index is -0.548. The highest BCUT2D eigenvalue weighted by Gasteiger charge is 2.40. The maximum atomic E-state index is 11.0. The quantitative estimate of drug-likeness (QED) is 0.752. The van der Waals surface area contributed by atoms with Crippen LogP contribution in [0.4, 0.5) is 0 Å². The van der Waals surface area contributed by atoms with Crippen molar-refractivity contribution in [1.82, 2.24) is 10.2 Å². The van der Waals surface area contributed by atoms with Gasteiger partial charge in [-0.05, 0) is 70.8 Å². The Morgan fingerprint density at radius 1 is 1.29 bits per heavy atom. The molecule has 3 atom stereocenters. The Kier molecular flexibility index (Phi) is 6.67. The molecule has 0 amide bonds. The summed E-state index contributed by atoms with van der Waals surface area (Å²) in [5.41, 5.74) is 0.691. The molecule has 0 aromatic heterocycles. The summed E-state index contributed by atoms with van der Waals surface area (Å²) in [6.45, 7) is 11.1. The Morgan fingerprint density at radius 3 is 2.58 bits per heavy atom. The lowest BCUT2D eigenvalue weighted by atomic mass is 9.77. The van der Waals surface area contributed by atoms with Gasteiger partial charge in [-0.1, -0.05) is 19.1 Å². The second-order valence-electron chi connectivity index (χ2n) is 7.73. The lowest BCUT2D eigenvalue weighted by molar-refractivity contribution is -0.0831. The fourth-order valence-corrected chi connectivity index (χ4v) is 3.49. The van der Waals surface area contributed by atoms with E-state index in [9.17, 15) is 5.11 Å². The van der Waals surface area contributed by atoms with Gasteiger partial charge < -0.3 is 20.1 Å². The molecule has 1 fully saturated rings.